The minimum absolute atomic E-state index is 0.0275. The van der Waals surface area contributed by atoms with Crippen molar-refractivity contribution in [2.24, 2.45) is 11.3 Å². The van der Waals surface area contributed by atoms with Crippen molar-refractivity contribution < 1.29 is 32.7 Å². The second kappa shape index (κ2) is 17.7. The van der Waals surface area contributed by atoms with Gasteiger partial charge in [0, 0.05) is 68.1 Å². The van der Waals surface area contributed by atoms with E-state index in [1.165, 1.54) is 17.3 Å². The number of H-pyrrole nitrogens is 1. The van der Waals surface area contributed by atoms with Crippen LogP contribution in [-0.4, -0.2) is 101 Å². The van der Waals surface area contributed by atoms with Gasteiger partial charge in [0.2, 0.25) is 5.88 Å². The lowest BCUT2D eigenvalue weighted by Crippen LogP contribution is -2.59. The van der Waals surface area contributed by atoms with E-state index in [1.807, 2.05) is 6.07 Å². The van der Waals surface area contributed by atoms with Gasteiger partial charge in [-0.1, -0.05) is 38.1 Å². The fraction of sp³-hybridized carbons (Fsp3) is 0.490. The molecule has 10 rings (SSSR count). The third-order valence-electron chi connectivity index (χ3n) is 15.1. The number of benzene rings is 2. The number of fused-ring (bicyclic) bond motifs is 2. The van der Waals surface area contributed by atoms with Gasteiger partial charge >= 0.3 is 5.69 Å². The van der Waals surface area contributed by atoms with Gasteiger partial charge in [0.15, 0.2) is 10.7 Å². The Balaban J connectivity index is 0.856. The maximum Gasteiger partial charge on any atom is 0.300 e. The molecule has 4 fully saturated rings. The van der Waals surface area contributed by atoms with Gasteiger partial charge in [0.1, 0.15) is 23.8 Å². The third-order valence-corrected chi connectivity index (χ3v) is 16.3. The Morgan fingerprint density at radius 2 is 1.82 bits per heavy atom. The first kappa shape index (κ1) is 45.0. The highest BCUT2D eigenvalue weighted by Crippen LogP contribution is 2.53. The fourth-order valence-electron chi connectivity index (χ4n) is 11.2. The normalized spacial score (nSPS) is 24.4. The summed E-state index contributed by atoms with van der Waals surface area (Å²) in [6, 6.07) is 19.0. The van der Waals surface area contributed by atoms with Crippen LogP contribution >= 0.6 is 0 Å². The average molecular weight is 934 g/mol. The van der Waals surface area contributed by atoms with E-state index in [4.69, 9.17) is 9.47 Å². The number of carbonyl (C=O) groups excluding carboxylic acids is 1. The molecule has 18 heteroatoms. The molecule has 2 aliphatic carbocycles. The molecule has 0 unspecified atom stereocenters. The molecule has 2 saturated carbocycles. The quantitative estimate of drug-likeness (QED) is 0.0644. The molecule has 1 amide bonds. The number of hydrogen-bond acceptors (Lipinski definition) is 14. The Bertz CT molecular complexity index is 2790. The van der Waals surface area contributed by atoms with Gasteiger partial charge < -0.3 is 35.1 Å². The van der Waals surface area contributed by atoms with Gasteiger partial charge in [-0.2, -0.15) is 13.4 Å². The van der Waals surface area contributed by atoms with Crippen LogP contribution < -0.4 is 29.7 Å². The number of carbonyl (C=O) groups is 1. The number of ether oxygens (including phenoxy) is 2. The Morgan fingerprint density at radius 3 is 2.58 bits per heavy atom. The lowest BCUT2D eigenvalue weighted by Gasteiger charge is -2.57. The first-order chi connectivity index (χ1) is 32.1. The summed E-state index contributed by atoms with van der Waals surface area (Å²) in [5.74, 6) is -0.260. The zero-order valence-corrected chi connectivity index (χ0v) is 39.0. The van der Waals surface area contributed by atoms with Crippen molar-refractivity contribution in [3.8, 4) is 17.4 Å². The highest BCUT2D eigenvalue weighted by Gasteiger charge is 2.50. The Labute approximate surface area is 390 Å². The molecule has 2 atom stereocenters. The van der Waals surface area contributed by atoms with E-state index in [-0.39, 0.29) is 46.9 Å². The van der Waals surface area contributed by atoms with Crippen LogP contribution in [0.5, 0.6) is 17.4 Å². The Hall–Kier alpha value is -5.82. The highest BCUT2D eigenvalue weighted by molar-refractivity contribution is 7.90. The van der Waals surface area contributed by atoms with Crippen LogP contribution in [0.4, 0.5) is 17.1 Å². The number of piperidine rings is 1. The number of aromatic nitrogens is 3. The molecule has 1 spiro atoms. The molecule has 354 valence electrons. The van der Waals surface area contributed by atoms with Crippen LogP contribution in [0.25, 0.3) is 11.0 Å². The van der Waals surface area contributed by atoms with Crippen molar-refractivity contribution in [2.75, 3.05) is 49.5 Å². The van der Waals surface area contributed by atoms with Gasteiger partial charge in [-0.25, -0.2) is 9.71 Å². The molecule has 0 radical (unpaired) electrons. The van der Waals surface area contributed by atoms with E-state index in [2.05, 4.69) is 78.2 Å². The predicted octanol–water partition coefficient (Wildman–Crippen LogP) is 7.41. The van der Waals surface area contributed by atoms with Crippen LogP contribution in [-0.2, 0) is 10.0 Å². The SMILES string of the molecule is CC(C)c1ccccc1[C@@H]1CNCCN1C1CC2(CCN(c3ccc(C(=O)NS(=O)(=O)c4cc([N+](=O)[O-])c5c(n4)OC[C@H](C4CCC(C)(O)CC4)N5)c(Oc4cnc5[nH]ccc5c4)c3)CC2)C1. The number of sulfonamides is 1. The van der Waals surface area contributed by atoms with Gasteiger partial charge in [0.05, 0.1) is 34.4 Å². The van der Waals surface area contributed by atoms with E-state index in [0.29, 0.717) is 55.1 Å². The number of nitrogens with zero attached hydrogens (tertiary/aromatic N) is 5. The second-order valence-electron chi connectivity index (χ2n) is 19.9. The minimum atomic E-state index is -4.77. The van der Waals surface area contributed by atoms with Crippen molar-refractivity contribution in [3.05, 3.63) is 99.9 Å². The number of rotatable bonds is 11. The van der Waals surface area contributed by atoms with Crippen molar-refractivity contribution in [1.29, 1.82) is 0 Å². The van der Waals surface area contributed by atoms with E-state index < -0.39 is 37.2 Å². The molecule has 0 bridgehead atoms. The van der Waals surface area contributed by atoms with Gasteiger partial charge in [-0.05, 0) is 111 Å². The highest BCUT2D eigenvalue weighted by atomic mass is 32.2. The van der Waals surface area contributed by atoms with Crippen LogP contribution in [0, 0.1) is 21.4 Å². The summed E-state index contributed by atoms with van der Waals surface area (Å²) in [4.78, 5) is 42.5. The van der Waals surface area contributed by atoms with Crippen molar-refractivity contribution in [1.82, 2.24) is 29.9 Å². The Kier molecular flexibility index (Phi) is 11.9. The maximum absolute atomic E-state index is 14.1. The summed E-state index contributed by atoms with van der Waals surface area (Å²) in [5, 5.41) is 29.7. The number of aliphatic hydroxyl groups is 1. The second-order valence-corrected chi connectivity index (χ2v) is 21.5. The predicted molar refractivity (Wildman–Crippen MR) is 253 cm³/mol. The maximum atomic E-state index is 14.1. The van der Waals surface area contributed by atoms with E-state index >= 15 is 0 Å². The summed E-state index contributed by atoms with van der Waals surface area (Å²) >= 11 is 0. The average Bonchev–Trinajstić information content (AvgIpc) is 3.78. The molecule has 17 nitrogen and oxygen atoms in total. The van der Waals surface area contributed by atoms with Gasteiger partial charge in [0.25, 0.3) is 15.9 Å². The van der Waals surface area contributed by atoms with Gasteiger partial charge in [-0.3, -0.25) is 19.8 Å². The number of piperazine rings is 1. The van der Waals surface area contributed by atoms with E-state index in [1.54, 1.807) is 37.4 Å². The molecule has 3 aromatic heterocycles. The van der Waals surface area contributed by atoms with Crippen LogP contribution in [0.2, 0.25) is 0 Å². The Morgan fingerprint density at radius 1 is 1.04 bits per heavy atom. The number of nitro groups is 1. The first-order valence-electron chi connectivity index (χ1n) is 23.6. The van der Waals surface area contributed by atoms with Crippen LogP contribution in [0.3, 0.4) is 0 Å². The summed E-state index contributed by atoms with van der Waals surface area (Å²) in [5.41, 5.74) is 3.20. The molecule has 3 aliphatic heterocycles. The van der Waals surface area contributed by atoms with E-state index in [0.717, 1.165) is 75.5 Å². The lowest BCUT2D eigenvalue weighted by molar-refractivity contribution is -0.384. The molecule has 6 heterocycles. The third kappa shape index (κ3) is 9.03. The number of anilines is 2. The molecule has 2 aromatic carbocycles. The van der Waals surface area contributed by atoms with Crippen molar-refractivity contribution >= 4 is 44.0 Å². The topological polar surface area (TPSA) is 217 Å². The molecule has 5 N–H and O–H groups in total. The number of aromatic amines is 1. The molecular weight excluding hydrogens is 875 g/mol. The monoisotopic (exact) mass is 933 g/mol. The van der Waals surface area contributed by atoms with Crippen molar-refractivity contribution in [2.45, 2.75) is 107 Å². The molecule has 67 heavy (non-hydrogen) atoms. The van der Waals surface area contributed by atoms with Crippen LogP contribution in [0.15, 0.2) is 78.1 Å². The smallest absolute Gasteiger partial charge is 0.300 e. The number of pyridine rings is 2. The van der Waals surface area contributed by atoms with Crippen LogP contribution in [0.1, 0.15) is 106 Å². The summed E-state index contributed by atoms with van der Waals surface area (Å²) < 4.78 is 42.2. The summed E-state index contributed by atoms with van der Waals surface area (Å²) in [7, 11) is -4.77. The minimum Gasteiger partial charge on any atom is -0.474 e. The zero-order valence-electron chi connectivity index (χ0n) is 38.2. The molecular formula is C49H59N9O8S. The lowest BCUT2D eigenvalue weighted by atomic mass is 9.59. The first-order valence-corrected chi connectivity index (χ1v) is 25.1. The zero-order chi connectivity index (χ0) is 46.7. The van der Waals surface area contributed by atoms with E-state index in [9.17, 15) is 28.4 Å². The molecule has 2 saturated heterocycles. The van der Waals surface area contributed by atoms with Gasteiger partial charge in [-0.15, -0.1) is 0 Å². The summed E-state index contributed by atoms with van der Waals surface area (Å²) in [6.07, 6.45) is 10.2. The number of amides is 1. The number of hydrogen-bond donors (Lipinski definition) is 5. The fourth-order valence-corrected chi connectivity index (χ4v) is 12.2. The summed E-state index contributed by atoms with van der Waals surface area (Å²) in [6.45, 7) is 11.0. The number of nitrogens with one attached hydrogen (secondary N) is 4. The largest absolute Gasteiger partial charge is 0.474 e. The standard InChI is InChI=1S/C49H59N9O8S/c1-30(2)36-6-4-5-7-37(36)41-28-50-18-21-57(41)34-25-49(26-34)15-19-56(20-16-49)33-8-9-38(42(23-33)66-35-22-32-12-17-51-45(32)52-27-35)46(59)55-67(63,64)43-24-40(58(61)62)44-47(54-43)65-29-39(53-44)31-10-13-48(3,60)14-11-31/h4-9,12,17,22-24,27,30-31,34,39,41,50,53,60H,10-11,13-16,18-21,25-26,28-29H2,1-3H3,(H,51,52)(H,55,59)/t31?,39-,41+,48?/m1/s1. The molecule has 5 aromatic rings. The molecule has 5 aliphatic rings. The van der Waals surface area contributed by atoms with Crippen molar-refractivity contribution in [3.63, 3.8) is 0 Å².